The van der Waals surface area contributed by atoms with Crippen LogP contribution in [0.15, 0.2) is 54.6 Å². The van der Waals surface area contributed by atoms with Crippen LogP contribution in [0, 0.1) is 17.1 Å². The van der Waals surface area contributed by atoms with Crippen LogP contribution in [0.25, 0.3) is 11.0 Å². The van der Waals surface area contributed by atoms with Crippen LogP contribution >= 0.6 is 0 Å². The first-order valence-electron chi connectivity index (χ1n) is 14.9. The van der Waals surface area contributed by atoms with E-state index in [1.54, 1.807) is 37.3 Å². The fraction of sp³-hybridized carbons (Fsp3) is 0.364. The Labute approximate surface area is 252 Å². The standard InChI is InChI=1S/C33H30FN5O5/c1-33(22-7-5-19(16-35)13-23(22)34)43-29-4-2-3-25(31(29)44-33)38-11-10-37(27-15-28(27)38)18-30-36-24-8-6-20(32(40)41)14-26(24)39(30)17-21-9-12-42-21/h2-8,13-14,21,27-28H,9-12,15,17-18H2,1H3,(H,40,41). The van der Waals surface area contributed by atoms with Gasteiger partial charge in [0.2, 0.25) is 0 Å². The molecule has 1 N–H and O–H groups in total. The molecule has 4 heterocycles. The van der Waals surface area contributed by atoms with Gasteiger partial charge in [0, 0.05) is 38.7 Å². The Kier molecular flexibility index (Phi) is 6.08. The molecule has 1 aromatic heterocycles. The molecule has 2 saturated heterocycles. The molecule has 4 aliphatic rings. The van der Waals surface area contributed by atoms with Crippen molar-refractivity contribution < 1.29 is 28.5 Å². The number of ether oxygens (including phenoxy) is 3. The molecule has 0 amide bonds. The summed E-state index contributed by atoms with van der Waals surface area (Å²) < 4.78 is 35.4. The summed E-state index contributed by atoms with van der Waals surface area (Å²) in [4.78, 5) is 21.4. The zero-order valence-electron chi connectivity index (χ0n) is 24.1. The second-order valence-corrected chi connectivity index (χ2v) is 12.0. The molecule has 4 unspecified atom stereocenters. The van der Waals surface area contributed by atoms with Crippen molar-refractivity contribution in [2.45, 2.75) is 56.8 Å². The van der Waals surface area contributed by atoms with Crippen molar-refractivity contribution in [3.63, 3.8) is 0 Å². The van der Waals surface area contributed by atoms with E-state index >= 15 is 0 Å². The van der Waals surface area contributed by atoms with Crippen molar-refractivity contribution in [1.82, 2.24) is 14.5 Å². The molecule has 4 aromatic rings. The SMILES string of the molecule is CC1(c2ccc(C#N)cc2F)Oc2cccc(N3CCN(Cc4nc5ccc(C(=O)O)cc5n4CC4CCO4)C4CC43)c2O1. The van der Waals surface area contributed by atoms with Gasteiger partial charge in [-0.15, -0.1) is 0 Å². The predicted molar refractivity (Wildman–Crippen MR) is 157 cm³/mol. The van der Waals surface area contributed by atoms with Gasteiger partial charge in [0.15, 0.2) is 11.5 Å². The minimum Gasteiger partial charge on any atom is -0.478 e. The number of hydrogen-bond donors (Lipinski definition) is 1. The van der Waals surface area contributed by atoms with Crippen LogP contribution in [0.2, 0.25) is 0 Å². The maximum atomic E-state index is 15.0. The molecule has 0 spiro atoms. The van der Waals surface area contributed by atoms with Gasteiger partial charge in [-0.25, -0.2) is 14.2 Å². The second kappa shape index (κ2) is 9.94. The van der Waals surface area contributed by atoms with Crippen LogP contribution < -0.4 is 14.4 Å². The van der Waals surface area contributed by atoms with Gasteiger partial charge < -0.3 is 28.8 Å². The van der Waals surface area contributed by atoms with Crippen LogP contribution in [0.5, 0.6) is 11.5 Å². The first-order chi connectivity index (χ1) is 21.3. The van der Waals surface area contributed by atoms with Gasteiger partial charge in [0.05, 0.1) is 58.7 Å². The van der Waals surface area contributed by atoms with Gasteiger partial charge in [-0.2, -0.15) is 5.26 Å². The number of carboxylic acid groups (broad SMARTS) is 1. The zero-order valence-corrected chi connectivity index (χ0v) is 24.1. The van der Waals surface area contributed by atoms with Crippen LogP contribution in [0.3, 0.4) is 0 Å². The number of piperazine rings is 1. The highest BCUT2D eigenvalue weighted by Crippen LogP contribution is 2.52. The fourth-order valence-corrected chi connectivity index (χ4v) is 6.81. The van der Waals surface area contributed by atoms with Gasteiger partial charge in [-0.05, 0) is 61.4 Å². The average Bonchev–Trinajstić information content (AvgIpc) is 3.61. The minimum atomic E-state index is -1.36. The van der Waals surface area contributed by atoms with Crippen molar-refractivity contribution in [1.29, 1.82) is 5.26 Å². The van der Waals surface area contributed by atoms with Crippen LogP contribution in [0.1, 0.15) is 47.1 Å². The Bertz CT molecular complexity index is 1870. The summed E-state index contributed by atoms with van der Waals surface area (Å²) in [7, 11) is 0. The van der Waals surface area contributed by atoms with Crippen LogP contribution in [-0.4, -0.2) is 63.4 Å². The summed E-state index contributed by atoms with van der Waals surface area (Å²) in [6.45, 7) is 5.31. The fourth-order valence-electron chi connectivity index (χ4n) is 6.81. The van der Waals surface area contributed by atoms with Crippen molar-refractivity contribution >= 4 is 22.7 Å². The van der Waals surface area contributed by atoms with E-state index in [4.69, 9.17) is 24.5 Å². The molecule has 8 rings (SSSR count). The van der Waals surface area contributed by atoms with E-state index in [1.165, 1.54) is 6.07 Å². The van der Waals surface area contributed by atoms with Crippen molar-refractivity contribution in [3.05, 3.63) is 82.9 Å². The summed E-state index contributed by atoms with van der Waals surface area (Å²) in [5.74, 6) is -0.802. The van der Waals surface area contributed by atoms with Gasteiger partial charge in [0.1, 0.15) is 11.6 Å². The number of imidazole rings is 1. The molecule has 11 heteroatoms. The Morgan fingerprint density at radius 3 is 2.77 bits per heavy atom. The Morgan fingerprint density at radius 2 is 2.02 bits per heavy atom. The lowest BCUT2D eigenvalue weighted by atomic mass is 10.0. The number of para-hydroxylation sites is 1. The summed E-state index contributed by atoms with van der Waals surface area (Å²) in [6.07, 6.45) is 2.07. The van der Waals surface area contributed by atoms with E-state index in [0.717, 1.165) is 55.1 Å². The van der Waals surface area contributed by atoms with Crippen LogP contribution in [-0.2, 0) is 23.6 Å². The molecule has 3 aromatic carbocycles. The highest BCUT2D eigenvalue weighted by Gasteiger charge is 2.51. The number of benzene rings is 3. The monoisotopic (exact) mass is 595 g/mol. The minimum absolute atomic E-state index is 0.107. The molecule has 0 radical (unpaired) electrons. The van der Waals surface area contributed by atoms with Crippen molar-refractivity contribution in [3.8, 4) is 17.6 Å². The summed E-state index contributed by atoms with van der Waals surface area (Å²) in [5.41, 5.74) is 3.24. The maximum Gasteiger partial charge on any atom is 0.335 e. The predicted octanol–water partition coefficient (Wildman–Crippen LogP) is 4.64. The summed E-state index contributed by atoms with van der Waals surface area (Å²) >= 11 is 0. The molecular weight excluding hydrogens is 565 g/mol. The number of carbonyl (C=O) groups is 1. The van der Waals surface area contributed by atoms with Gasteiger partial charge in [0.25, 0.3) is 5.79 Å². The number of aromatic carboxylic acids is 1. The van der Waals surface area contributed by atoms with E-state index in [1.807, 2.05) is 24.3 Å². The number of nitrogens with zero attached hydrogens (tertiary/aromatic N) is 5. The van der Waals surface area contributed by atoms with Gasteiger partial charge >= 0.3 is 5.97 Å². The highest BCUT2D eigenvalue weighted by molar-refractivity contribution is 5.92. The second-order valence-electron chi connectivity index (χ2n) is 12.0. The number of hydrogen-bond acceptors (Lipinski definition) is 8. The molecule has 1 saturated carbocycles. The molecule has 3 aliphatic heterocycles. The normalized spacial score (nSPS) is 25.4. The maximum absolute atomic E-state index is 15.0. The molecule has 3 fully saturated rings. The van der Waals surface area contributed by atoms with Crippen molar-refractivity contribution in [2.24, 2.45) is 0 Å². The number of aromatic nitrogens is 2. The molecule has 1 aliphatic carbocycles. The van der Waals surface area contributed by atoms with E-state index < -0.39 is 17.6 Å². The molecule has 10 nitrogen and oxygen atoms in total. The lowest BCUT2D eigenvalue weighted by molar-refractivity contribution is -0.0705. The topological polar surface area (TPSA) is 113 Å². The number of rotatable bonds is 7. The third-order valence-corrected chi connectivity index (χ3v) is 9.28. The number of carboxylic acids is 1. The third-order valence-electron chi connectivity index (χ3n) is 9.28. The van der Waals surface area contributed by atoms with Crippen LogP contribution in [0.4, 0.5) is 10.1 Å². The van der Waals surface area contributed by atoms with Gasteiger partial charge in [-0.1, -0.05) is 6.07 Å². The Balaban J connectivity index is 1.03. The average molecular weight is 596 g/mol. The molecule has 224 valence electrons. The summed E-state index contributed by atoms with van der Waals surface area (Å²) in [5, 5.41) is 18.7. The molecule has 44 heavy (non-hydrogen) atoms. The Morgan fingerprint density at radius 1 is 1.16 bits per heavy atom. The van der Waals surface area contributed by atoms with Crippen molar-refractivity contribution in [2.75, 3.05) is 24.6 Å². The number of halogens is 1. The number of nitriles is 1. The van der Waals surface area contributed by atoms with Gasteiger partial charge in [-0.3, -0.25) is 4.90 Å². The largest absolute Gasteiger partial charge is 0.478 e. The molecular formula is C33H30FN5O5. The van der Waals surface area contributed by atoms with E-state index in [9.17, 15) is 14.3 Å². The summed E-state index contributed by atoms with van der Waals surface area (Å²) in [6, 6.07) is 17.8. The number of anilines is 1. The highest BCUT2D eigenvalue weighted by atomic mass is 19.1. The van der Waals surface area contributed by atoms with E-state index in [-0.39, 0.29) is 28.8 Å². The third kappa shape index (κ3) is 4.36. The molecule has 4 atom stereocenters. The van der Waals surface area contributed by atoms with E-state index in [0.29, 0.717) is 30.6 Å². The quantitative estimate of drug-likeness (QED) is 0.327. The Hall–Kier alpha value is -4.66. The van der Waals surface area contributed by atoms with E-state index in [2.05, 4.69) is 14.4 Å². The first kappa shape index (κ1) is 26.9. The number of fused-ring (bicyclic) bond motifs is 3. The molecule has 0 bridgehead atoms. The lowest BCUT2D eigenvalue weighted by Gasteiger charge is -2.36. The lowest BCUT2D eigenvalue weighted by Crippen LogP contribution is -2.46. The first-order valence-corrected chi connectivity index (χ1v) is 14.9. The smallest absolute Gasteiger partial charge is 0.335 e. The zero-order chi connectivity index (χ0) is 30.2.